The van der Waals surface area contributed by atoms with Gasteiger partial charge in [0.1, 0.15) is 0 Å². The molecule has 1 amide bonds. The zero-order valence-corrected chi connectivity index (χ0v) is 12.4. The molecule has 4 nitrogen and oxygen atoms in total. The summed E-state index contributed by atoms with van der Waals surface area (Å²) in [6.07, 6.45) is 2.07. The number of benzene rings is 1. The van der Waals surface area contributed by atoms with Crippen LogP contribution in [0.3, 0.4) is 0 Å². The van der Waals surface area contributed by atoms with E-state index in [2.05, 4.69) is 12.2 Å². The van der Waals surface area contributed by atoms with Crippen molar-refractivity contribution >= 4 is 23.4 Å². The van der Waals surface area contributed by atoms with E-state index < -0.39 is 0 Å². The first-order valence-corrected chi connectivity index (χ1v) is 7.73. The first kappa shape index (κ1) is 16.5. The lowest BCUT2D eigenvalue weighted by molar-refractivity contribution is -0.116. The number of aliphatic hydroxyl groups excluding tert-OH is 1. The number of carbonyl (C=O) groups is 1. The molecule has 1 unspecified atom stereocenters. The van der Waals surface area contributed by atoms with Gasteiger partial charge < -0.3 is 10.4 Å². The van der Waals surface area contributed by atoms with Crippen LogP contribution in [0.2, 0.25) is 0 Å². The Kier molecular flexibility index (Phi) is 7.78. The van der Waals surface area contributed by atoms with Crippen LogP contribution in [0.4, 0.5) is 5.69 Å². The number of thioether (sulfide) groups is 1. The Morgan fingerprint density at radius 3 is 3.05 bits per heavy atom. The first-order valence-electron chi connectivity index (χ1n) is 6.68. The van der Waals surface area contributed by atoms with Crippen LogP contribution in [0.25, 0.3) is 0 Å². The predicted molar refractivity (Wildman–Crippen MR) is 82.6 cm³/mol. The summed E-state index contributed by atoms with van der Waals surface area (Å²) in [4.78, 5) is 11.7. The van der Waals surface area contributed by atoms with Crippen molar-refractivity contribution in [3.63, 3.8) is 0 Å². The minimum Gasteiger partial charge on any atom is -0.396 e. The van der Waals surface area contributed by atoms with Crippen molar-refractivity contribution in [2.24, 2.45) is 0 Å². The van der Waals surface area contributed by atoms with Gasteiger partial charge in [0.05, 0.1) is 11.6 Å². The van der Waals surface area contributed by atoms with E-state index in [1.165, 1.54) is 0 Å². The van der Waals surface area contributed by atoms with Gasteiger partial charge in [-0.15, -0.1) is 0 Å². The molecule has 1 aromatic rings. The molecule has 1 aromatic carbocycles. The summed E-state index contributed by atoms with van der Waals surface area (Å²) < 4.78 is 0. The summed E-state index contributed by atoms with van der Waals surface area (Å²) >= 11 is 1.77. The number of nitrogens with one attached hydrogen (secondary N) is 1. The summed E-state index contributed by atoms with van der Waals surface area (Å²) in [6, 6.07) is 8.93. The highest BCUT2D eigenvalue weighted by molar-refractivity contribution is 7.99. The van der Waals surface area contributed by atoms with Crippen molar-refractivity contribution in [3.8, 4) is 6.07 Å². The highest BCUT2D eigenvalue weighted by Crippen LogP contribution is 2.16. The number of anilines is 1. The second-order valence-electron chi connectivity index (χ2n) is 4.54. The zero-order chi connectivity index (χ0) is 14.8. The molecular formula is C15H20N2O2S. The fraction of sp³-hybridized carbons (Fsp3) is 0.467. The van der Waals surface area contributed by atoms with Crippen molar-refractivity contribution in [1.82, 2.24) is 0 Å². The van der Waals surface area contributed by atoms with Gasteiger partial charge in [0, 0.05) is 24.0 Å². The molecule has 5 heteroatoms. The molecule has 2 N–H and O–H groups in total. The third-order valence-corrected chi connectivity index (χ3v) is 4.09. The quantitative estimate of drug-likeness (QED) is 0.723. The van der Waals surface area contributed by atoms with Crippen LogP contribution in [0.1, 0.15) is 31.7 Å². The largest absolute Gasteiger partial charge is 0.396 e. The van der Waals surface area contributed by atoms with E-state index in [0.29, 0.717) is 22.9 Å². The molecule has 0 saturated carbocycles. The highest BCUT2D eigenvalue weighted by atomic mass is 32.2. The topological polar surface area (TPSA) is 73.1 Å². The van der Waals surface area contributed by atoms with E-state index in [1.54, 1.807) is 36.0 Å². The number of hydrogen-bond acceptors (Lipinski definition) is 4. The fourth-order valence-electron chi connectivity index (χ4n) is 1.67. The molecule has 1 atom stereocenters. The van der Waals surface area contributed by atoms with E-state index in [1.807, 2.05) is 6.07 Å². The minimum absolute atomic E-state index is 0.0319. The molecule has 0 bridgehead atoms. The lowest BCUT2D eigenvalue weighted by Crippen LogP contribution is -2.12. The van der Waals surface area contributed by atoms with Crippen LogP contribution in [-0.4, -0.2) is 28.6 Å². The Hall–Kier alpha value is -1.51. The first-order chi connectivity index (χ1) is 9.65. The van der Waals surface area contributed by atoms with E-state index in [0.717, 1.165) is 18.6 Å². The van der Waals surface area contributed by atoms with Crippen LogP contribution < -0.4 is 5.32 Å². The summed E-state index contributed by atoms with van der Waals surface area (Å²) in [7, 11) is 0. The number of amides is 1. The zero-order valence-electron chi connectivity index (χ0n) is 11.6. The summed E-state index contributed by atoms with van der Waals surface area (Å²) in [6.45, 7) is 2.29. The molecule has 0 aromatic heterocycles. The maximum atomic E-state index is 11.7. The van der Waals surface area contributed by atoms with Crippen molar-refractivity contribution in [2.75, 3.05) is 17.7 Å². The van der Waals surface area contributed by atoms with Gasteiger partial charge in [-0.1, -0.05) is 13.0 Å². The van der Waals surface area contributed by atoms with Crippen LogP contribution in [0.15, 0.2) is 24.3 Å². The summed E-state index contributed by atoms with van der Waals surface area (Å²) in [5.41, 5.74) is 1.20. The molecule has 108 valence electrons. The van der Waals surface area contributed by atoms with Crippen LogP contribution in [-0.2, 0) is 4.79 Å². The number of nitrogens with zero attached hydrogens (tertiary/aromatic N) is 1. The average molecular weight is 292 g/mol. The molecule has 20 heavy (non-hydrogen) atoms. The van der Waals surface area contributed by atoms with Gasteiger partial charge >= 0.3 is 0 Å². The van der Waals surface area contributed by atoms with E-state index in [4.69, 9.17) is 10.4 Å². The fourth-order valence-corrected chi connectivity index (χ4v) is 2.66. The van der Waals surface area contributed by atoms with Crippen LogP contribution in [0.5, 0.6) is 0 Å². The summed E-state index contributed by atoms with van der Waals surface area (Å²) in [5, 5.41) is 20.8. The van der Waals surface area contributed by atoms with Crippen molar-refractivity contribution in [3.05, 3.63) is 29.8 Å². The third-order valence-electron chi connectivity index (χ3n) is 2.76. The lowest BCUT2D eigenvalue weighted by atomic mass is 10.2. The standard InChI is InChI=1S/C15H20N2O2S/c1-12(7-8-18)20-9-3-6-15(19)17-14-5-2-4-13(10-14)11-16/h2,4-5,10,12,18H,3,6-9H2,1H3,(H,17,19). The monoisotopic (exact) mass is 292 g/mol. The molecule has 0 radical (unpaired) electrons. The van der Waals surface area contributed by atoms with Gasteiger partial charge in [0.25, 0.3) is 0 Å². The van der Waals surface area contributed by atoms with Gasteiger partial charge in [-0.3, -0.25) is 4.79 Å². The molecule has 0 aliphatic heterocycles. The Bertz CT molecular complexity index is 471. The normalized spacial score (nSPS) is 11.7. The average Bonchev–Trinajstić information content (AvgIpc) is 2.44. The maximum absolute atomic E-state index is 11.7. The number of hydrogen-bond donors (Lipinski definition) is 2. The van der Waals surface area contributed by atoms with Gasteiger partial charge in [0.2, 0.25) is 5.91 Å². The third kappa shape index (κ3) is 6.60. The van der Waals surface area contributed by atoms with Gasteiger partial charge in [0.15, 0.2) is 0 Å². The smallest absolute Gasteiger partial charge is 0.224 e. The Balaban J connectivity index is 2.25. The van der Waals surface area contributed by atoms with Crippen molar-refractivity contribution in [1.29, 1.82) is 5.26 Å². The summed E-state index contributed by atoms with van der Waals surface area (Å²) in [5.74, 6) is 0.878. The molecule has 0 spiro atoms. The molecule has 0 saturated heterocycles. The second kappa shape index (κ2) is 9.40. The Morgan fingerprint density at radius 2 is 2.35 bits per heavy atom. The lowest BCUT2D eigenvalue weighted by Gasteiger charge is -2.09. The SMILES string of the molecule is CC(CCO)SCCCC(=O)Nc1cccc(C#N)c1. The number of rotatable bonds is 8. The highest BCUT2D eigenvalue weighted by Gasteiger charge is 2.05. The Labute approximate surface area is 124 Å². The molecular weight excluding hydrogens is 272 g/mol. The van der Waals surface area contributed by atoms with Crippen molar-refractivity contribution in [2.45, 2.75) is 31.4 Å². The second-order valence-corrected chi connectivity index (χ2v) is 6.08. The van der Waals surface area contributed by atoms with E-state index >= 15 is 0 Å². The molecule has 0 aliphatic carbocycles. The van der Waals surface area contributed by atoms with Crippen molar-refractivity contribution < 1.29 is 9.90 Å². The van der Waals surface area contributed by atoms with Gasteiger partial charge in [-0.2, -0.15) is 17.0 Å². The van der Waals surface area contributed by atoms with E-state index in [-0.39, 0.29) is 12.5 Å². The molecule has 0 heterocycles. The van der Waals surface area contributed by atoms with Crippen LogP contribution in [0, 0.1) is 11.3 Å². The Morgan fingerprint density at radius 1 is 1.55 bits per heavy atom. The molecule has 0 aliphatic rings. The number of nitriles is 1. The molecule has 0 fully saturated rings. The number of aliphatic hydroxyl groups is 1. The van der Waals surface area contributed by atoms with Crippen LogP contribution >= 0.6 is 11.8 Å². The van der Waals surface area contributed by atoms with Gasteiger partial charge in [-0.05, 0) is 36.8 Å². The van der Waals surface area contributed by atoms with Gasteiger partial charge in [-0.25, -0.2) is 0 Å². The molecule has 1 rings (SSSR count). The predicted octanol–water partition coefficient (Wildman–Crippen LogP) is 2.78. The number of carbonyl (C=O) groups excluding carboxylic acids is 1. The van der Waals surface area contributed by atoms with E-state index in [9.17, 15) is 4.79 Å². The minimum atomic E-state index is -0.0319. The maximum Gasteiger partial charge on any atom is 0.224 e.